The fourth-order valence-electron chi connectivity index (χ4n) is 3.94. The Balaban J connectivity index is 1.48. The quantitative estimate of drug-likeness (QED) is 0.849. The summed E-state index contributed by atoms with van der Waals surface area (Å²) in [5, 5.41) is 4.96. The molecule has 2 aromatic heterocycles. The van der Waals surface area contributed by atoms with Crippen molar-refractivity contribution in [3.63, 3.8) is 0 Å². The van der Waals surface area contributed by atoms with E-state index in [1.54, 1.807) is 28.2 Å². The van der Waals surface area contributed by atoms with Crippen molar-refractivity contribution in [2.75, 3.05) is 26.2 Å². The zero-order valence-corrected chi connectivity index (χ0v) is 16.8. The highest BCUT2D eigenvalue weighted by atomic mass is 32.1. The number of thiophene rings is 1. The monoisotopic (exact) mass is 391 g/mol. The molecule has 1 saturated heterocycles. The topological polar surface area (TPSA) is 54.5 Å². The van der Waals surface area contributed by atoms with Crippen LogP contribution in [-0.2, 0) is 23.3 Å². The molecule has 0 aromatic carbocycles. The molecule has 1 spiro atoms. The second-order valence-corrected chi connectivity index (χ2v) is 8.83. The number of piperidine rings is 1. The third kappa shape index (κ3) is 3.58. The number of rotatable bonds is 5. The van der Waals surface area contributed by atoms with Crippen LogP contribution < -0.4 is 5.32 Å². The van der Waals surface area contributed by atoms with E-state index in [1.165, 1.54) is 16.9 Å². The Labute approximate surface area is 162 Å². The minimum absolute atomic E-state index is 0.00373. The second kappa shape index (κ2) is 7.76. The van der Waals surface area contributed by atoms with Crippen molar-refractivity contribution in [2.45, 2.75) is 44.8 Å². The van der Waals surface area contributed by atoms with Gasteiger partial charge >= 0.3 is 0 Å². The summed E-state index contributed by atoms with van der Waals surface area (Å²) < 4.78 is 6.31. The summed E-state index contributed by atoms with van der Waals surface area (Å²) in [7, 11) is 0. The van der Waals surface area contributed by atoms with Crippen LogP contribution in [0.2, 0.25) is 0 Å². The lowest BCUT2D eigenvalue weighted by Crippen LogP contribution is -2.46. The molecule has 2 aliphatic heterocycles. The number of carbonyl (C=O) groups excluding carboxylic acids is 1. The van der Waals surface area contributed by atoms with Gasteiger partial charge in [-0.3, -0.25) is 4.79 Å². The van der Waals surface area contributed by atoms with Crippen molar-refractivity contribution in [1.29, 1.82) is 0 Å². The van der Waals surface area contributed by atoms with Crippen LogP contribution in [0.4, 0.5) is 0 Å². The maximum Gasteiger partial charge on any atom is 0.261 e. The molecule has 1 amide bonds. The van der Waals surface area contributed by atoms with Crippen molar-refractivity contribution >= 4 is 28.6 Å². The Morgan fingerprint density at radius 1 is 1.42 bits per heavy atom. The summed E-state index contributed by atoms with van der Waals surface area (Å²) in [6.07, 6.45) is 4.16. The fourth-order valence-corrected chi connectivity index (χ4v) is 5.83. The first-order valence-corrected chi connectivity index (χ1v) is 11.1. The summed E-state index contributed by atoms with van der Waals surface area (Å²) in [5.41, 5.74) is 3.84. The lowest BCUT2D eigenvalue weighted by molar-refractivity contribution is -0.0949. The smallest absolute Gasteiger partial charge is 0.261 e. The van der Waals surface area contributed by atoms with Gasteiger partial charge < -0.3 is 15.0 Å². The fraction of sp³-hybridized carbons (Fsp3) is 0.579. The van der Waals surface area contributed by atoms with E-state index in [0.29, 0.717) is 6.54 Å². The van der Waals surface area contributed by atoms with E-state index < -0.39 is 0 Å². The zero-order chi connectivity index (χ0) is 18.0. The lowest BCUT2D eigenvalue weighted by Gasteiger charge is -2.43. The normalized spacial score (nSPS) is 19.4. The van der Waals surface area contributed by atoms with Crippen LogP contribution in [0.3, 0.4) is 0 Å². The van der Waals surface area contributed by atoms with Crippen molar-refractivity contribution in [3.05, 3.63) is 38.0 Å². The first-order chi connectivity index (χ1) is 12.7. The Kier molecular flexibility index (Phi) is 5.40. The Hall–Kier alpha value is -1.28. The summed E-state index contributed by atoms with van der Waals surface area (Å²) >= 11 is 3.17. The number of hydrogen-bond acceptors (Lipinski definition) is 6. The van der Waals surface area contributed by atoms with Crippen molar-refractivity contribution in [1.82, 2.24) is 15.2 Å². The molecule has 0 atom stereocenters. The molecule has 0 radical (unpaired) electrons. The number of carbonyl (C=O) groups is 1. The Morgan fingerprint density at radius 3 is 3.00 bits per heavy atom. The van der Waals surface area contributed by atoms with Crippen LogP contribution in [-0.4, -0.2) is 42.0 Å². The number of aromatic nitrogens is 1. The molecule has 1 N–H and O–H groups in total. The standard InChI is InChI=1S/C19H25N3O2S2/c1-2-6-22-7-4-19(5-8-22)17-14(3-9-24-19)10-16(26-17)18(23)20-11-15-12-25-13-21-15/h10,12-13H,2-9,11H2,1H3,(H,20,23). The van der Waals surface area contributed by atoms with Crippen LogP contribution in [0.25, 0.3) is 0 Å². The number of nitrogens with one attached hydrogen (secondary N) is 1. The maximum absolute atomic E-state index is 12.6. The van der Waals surface area contributed by atoms with E-state index in [0.717, 1.165) is 56.1 Å². The van der Waals surface area contributed by atoms with Crippen LogP contribution >= 0.6 is 22.7 Å². The van der Waals surface area contributed by atoms with E-state index >= 15 is 0 Å². The molecule has 2 aromatic rings. The molecule has 140 valence electrons. The molecule has 0 unspecified atom stereocenters. The number of hydrogen-bond donors (Lipinski definition) is 1. The molecule has 5 nitrogen and oxygen atoms in total. The number of amides is 1. The maximum atomic E-state index is 12.6. The average Bonchev–Trinajstić information content (AvgIpc) is 3.32. The van der Waals surface area contributed by atoms with E-state index in [-0.39, 0.29) is 11.5 Å². The van der Waals surface area contributed by atoms with Gasteiger partial charge in [-0.25, -0.2) is 4.98 Å². The van der Waals surface area contributed by atoms with Gasteiger partial charge in [-0.15, -0.1) is 22.7 Å². The minimum Gasteiger partial charge on any atom is -0.369 e. The van der Waals surface area contributed by atoms with Crippen molar-refractivity contribution in [2.24, 2.45) is 0 Å². The zero-order valence-electron chi connectivity index (χ0n) is 15.1. The van der Waals surface area contributed by atoms with E-state index in [1.807, 2.05) is 5.38 Å². The average molecular weight is 392 g/mol. The lowest BCUT2D eigenvalue weighted by atomic mass is 9.85. The van der Waals surface area contributed by atoms with Gasteiger partial charge in [0.2, 0.25) is 0 Å². The van der Waals surface area contributed by atoms with Crippen LogP contribution in [0, 0.1) is 0 Å². The van der Waals surface area contributed by atoms with Gasteiger partial charge in [-0.1, -0.05) is 6.92 Å². The largest absolute Gasteiger partial charge is 0.369 e. The SMILES string of the molecule is CCCN1CCC2(CC1)OCCc1cc(C(=O)NCc3cscn3)sc12. The summed E-state index contributed by atoms with van der Waals surface area (Å²) in [6, 6.07) is 2.08. The summed E-state index contributed by atoms with van der Waals surface area (Å²) in [5.74, 6) is -0.00373. The molecule has 0 aliphatic carbocycles. The highest BCUT2D eigenvalue weighted by Crippen LogP contribution is 2.45. The van der Waals surface area contributed by atoms with Gasteiger partial charge in [-0.05, 0) is 43.9 Å². The summed E-state index contributed by atoms with van der Waals surface area (Å²) in [6.45, 7) is 6.80. The van der Waals surface area contributed by atoms with Gasteiger partial charge in [0.15, 0.2) is 0 Å². The van der Waals surface area contributed by atoms with Gasteiger partial charge in [0.1, 0.15) is 5.60 Å². The molecule has 0 saturated carbocycles. The molecular weight excluding hydrogens is 366 g/mol. The van der Waals surface area contributed by atoms with Gasteiger partial charge in [0.05, 0.1) is 29.2 Å². The van der Waals surface area contributed by atoms with Gasteiger partial charge in [0.25, 0.3) is 5.91 Å². The Bertz CT molecular complexity index is 749. The van der Waals surface area contributed by atoms with Crippen LogP contribution in [0.1, 0.15) is 52.0 Å². The number of likely N-dealkylation sites (tertiary alicyclic amines) is 1. The Morgan fingerprint density at radius 2 is 2.27 bits per heavy atom. The van der Waals surface area contributed by atoms with Crippen LogP contribution in [0.5, 0.6) is 0 Å². The first kappa shape index (κ1) is 18.1. The molecule has 4 rings (SSSR count). The van der Waals surface area contributed by atoms with Crippen molar-refractivity contribution in [3.8, 4) is 0 Å². The third-order valence-corrected chi connectivity index (χ3v) is 7.31. The summed E-state index contributed by atoms with van der Waals surface area (Å²) in [4.78, 5) is 21.4. The highest BCUT2D eigenvalue weighted by molar-refractivity contribution is 7.14. The molecule has 7 heteroatoms. The van der Waals surface area contributed by atoms with E-state index in [2.05, 4.69) is 28.2 Å². The molecule has 2 aliphatic rings. The second-order valence-electron chi connectivity index (χ2n) is 7.06. The van der Waals surface area contributed by atoms with Crippen molar-refractivity contribution < 1.29 is 9.53 Å². The van der Waals surface area contributed by atoms with E-state index in [9.17, 15) is 4.79 Å². The predicted octanol–water partition coefficient (Wildman–Crippen LogP) is 3.41. The first-order valence-electron chi connectivity index (χ1n) is 9.35. The number of nitrogens with zero attached hydrogens (tertiary/aromatic N) is 2. The third-order valence-electron chi connectivity index (χ3n) is 5.31. The van der Waals surface area contributed by atoms with E-state index in [4.69, 9.17) is 4.74 Å². The molecular formula is C19H25N3O2S2. The van der Waals surface area contributed by atoms with Crippen LogP contribution in [0.15, 0.2) is 17.0 Å². The number of thiazole rings is 1. The van der Waals surface area contributed by atoms with Gasteiger partial charge in [-0.2, -0.15) is 0 Å². The van der Waals surface area contributed by atoms with Gasteiger partial charge in [0, 0.05) is 23.3 Å². The predicted molar refractivity (Wildman–Crippen MR) is 105 cm³/mol. The molecule has 0 bridgehead atoms. The minimum atomic E-state index is -0.171. The number of ether oxygens (including phenoxy) is 1. The highest BCUT2D eigenvalue weighted by Gasteiger charge is 2.42. The molecule has 1 fully saturated rings. The molecule has 26 heavy (non-hydrogen) atoms. The number of fused-ring (bicyclic) bond motifs is 2. The molecule has 4 heterocycles.